The highest BCUT2D eigenvalue weighted by molar-refractivity contribution is 6.00. The number of Topliss-reactive ketones (excluding diaryl/α,β-unsaturated/α-hetero) is 1. The van der Waals surface area contributed by atoms with E-state index < -0.39 is 29.4 Å². The van der Waals surface area contributed by atoms with Crippen LogP contribution in [-0.4, -0.2) is 36.2 Å². The van der Waals surface area contributed by atoms with Gasteiger partial charge in [-0.1, -0.05) is 0 Å². The van der Waals surface area contributed by atoms with Crippen molar-refractivity contribution in [3.8, 4) is 0 Å². The number of rotatable bonds is 5. The first-order chi connectivity index (χ1) is 8.32. The van der Waals surface area contributed by atoms with Gasteiger partial charge in [0.25, 0.3) is 0 Å². The molecule has 0 aromatic heterocycles. The summed E-state index contributed by atoms with van der Waals surface area (Å²) in [7, 11) is 1.55. The smallest absolute Gasteiger partial charge is 0.231 e. The topological polar surface area (TPSA) is 63.4 Å². The van der Waals surface area contributed by atoms with Crippen LogP contribution in [0.25, 0.3) is 0 Å². The van der Waals surface area contributed by atoms with Gasteiger partial charge in [0.05, 0.1) is 12.6 Å². The summed E-state index contributed by atoms with van der Waals surface area (Å²) in [5.41, 5.74) is 5.07. The van der Waals surface area contributed by atoms with Gasteiger partial charge in [-0.25, -0.2) is 8.78 Å². The van der Waals surface area contributed by atoms with Gasteiger partial charge in [0.2, 0.25) is 5.91 Å². The van der Waals surface area contributed by atoms with Crippen LogP contribution in [0.3, 0.4) is 0 Å². The number of hydrogen-bond donors (Lipinski definition) is 1. The van der Waals surface area contributed by atoms with Crippen molar-refractivity contribution in [3.05, 3.63) is 35.4 Å². The molecule has 0 saturated heterocycles. The van der Waals surface area contributed by atoms with Crippen LogP contribution in [-0.2, 0) is 4.79 Å². The van der Waals surface area contributed by atoms with E-state index in [-0.39, 0.29) is 12.1 Å². The number of benzene rings is 1. The third-order valence-corrected chi connectivity index (χ3v) is 2.65. The van der Waals surface area contributed by atoms with Crippen molar-refractivity contribution in [1.82, 2.24) is 4.90 Å². The quantitative estimate of drug-likeness (QED) is 0.798. The summed E-state index contributed by atoms with van der Waals surface area (Å²) in [6.45, 7) is 1.48. The van der Waals surface area contributed by atoms with Gasteiger partial charge in [-0.15, -0.1) is 0 Å². The number of amides is 1. The molecule has 1 aromatic rings. The second kappa shape index (κ2) is 5.68. The van der Waals surface area contributed by atoms with Gasteiger partial charge in [-0.3, -0.25) is 14.5 Å². The van der Waals surface area contributed by atoms with Gasteiger partial charge in [0.15, 0.2) is 17.4 Å². The van der Waals surface area contributed by atoms with Crippen molar-refractivity contribution >= 4 is 11.7 Å². The fraction of sp³-hybridized carbons (Fsp3) is 0.333. The molecule has 0 aliphatic carbocycles. The number of primary amides is 1. The predicted molar refractivity (Wildman–Crippen MR) is 62.0 cm³/mol. The fourth-order valence-electron chi connectivity index (χ4n) is 1.47. The number of ketones is 1. The molecule has 0 fully saturated rings. The molecule has 0 spiro atoms. The second-order valence-corrected chi connectivity index (χ2v) is 4.05. The number of halogens is 2. The highest BCUT2D eigenvalue weighted by Gasteiger charge is 2.21. The Bertz CT molecular complexity index is 477. The summed E-state index contributed by atoms with van der Waals surface area (Å²) in [5, 5.41) is 0. The molecule has 6 heteroatoms. The lowest BCUT2D eigenvalue weighted by Gasteiger charge is -2.21. The molecular weight excluding hydrogens is 242 g/mol. The van der Waals surface area contributed by atoms with Crippen LogP contribution in [0.2, 0.25) is 0 Å². The maximum atomic E-state index is 13.0. The van der Waals surface area contributed by atoms with Gasteiger partial charge in [-0.05, 0) is 32.2 Å². The SMILES string of the molecule is CC(C(=O)c1ccc(F)c(F)c1)N(C)CC(N)=O. The number of hydrogen-bond acceptors (Lipinski definition) is 3. The Morgan fingerprint density at radius 2 is 1.94 bits per heavy atom. The Morgan fingerprint density at radius 1 is 1.33 bits per heavy atom. The molecule has 4 nitrogen and oxygen atoms in total. The molecule has 98 valence electrons. The van der Waals surface area contributed by atoms with Crippen molar-refractivity contribution in [2.24, 2.45) is 5.73 Å². The minimum absolute atomic E-state index is 0.0534. The third kappa shape index (κ3) is 3.33. The number of likely N-dealkylation sites (N-methyl/N-ethyl adjacent to an activating group) is 1. The van der Waals surface area contributed by atoms with Gasteiger partial charge < -0.3 is 5.73 Å². The molecule has 0 saturated carbocycles. The first-order valence-electron chi connectivity index (χ1n) is 5.30. The molecule has 0 heterocycles. The highest BCUT2D eigenvalue weighted by Crippen LogP contribution is 2.12. The van der Waals surface area contributed by atoms with E-state index in [1.807, 2.05) is 0 Å². The lowest BCUT2D eigenvalue weighted by atomic mass is 10.0. The molecule has 0 bridgehead atoms. The van der Waals surface area contributed by atoms with E-state index in [1.165, 1.54) is 11.0 Å². The standard InChI is InChI=1S/C12H14F2N2O2/c1-7(16(2)6-11(15)17)12(18)8-3-4-9(13)10(14)5-8/h3-5,7H,6H2,1-2H3,(H2,15,17). The first kappa shape index (κ1) is 14.2. The monoisotopic (exact) mass is 256 g/mol. The zero-order chi connectivity index (χ0) is 13.9. The number of nitrogens with zero attached hydrogens (tertiary/aromatic N) is 1. The van der Waals surface area contributed by atoms with E-state index in [0.717, 1.165) is 12.1 Å². The number of carbonyl (C=O) groups is 2. The Labute approximate surface area is 103 Å². The molecule has 1 amide bonds. The van der Waals surface area contributed by atoms with Gasteiger partial charge in [-0.2, -0.15) is 0 Å². The first-order valence-corrected chi connectivity index (χ1v) is 5.30. The van der Waals surface area contributed by atoms with E-state index in [0.29, 0.717) is 0 Å². The fourth-order valence-corrected chi connectivity index (χ4v) is 1.47. The summed E-state index contributed by atoms with van der Waals surface area (Å²) in [6, 6.07) is 2.28. The van der Waals surface area contributed by atoms with Gasteiger partial charge >= 0.3 is 0 Å². The lowest BCUT2D eigenvalue weighted by Crippen LogP contribution is -2.41. The van der Waals surface area contributed by atoms with Crippen LogP contribution in [0.5, 0.6) is 0 Å². The molecule has 18 heavy (non-hydrogen) atoms. The summed E-state index contributed by atoms with van der Waals surface area (Å²) in [4.78, 5) is 24.1. The Kier molecular flexibility index (Phi) is 4.49. The number of carbonyl (C=O) groups excluding carboxylic acids is 2. The van der Waals surface area contributed by atoms with Gasteiger partial charge in [0, 0.05) is 5.56 Å². The van der Waals surface area contributed by atoms with Crippen LogP contribution >= 0.6 is 0 Å². The third-order valence-electron chi connectivity index (χ3n) is 2.65. The molecule has 1 rings (SSSR count). The lowest BCUT2D eigenvalue weighted by molar-refractivity contribution is -0.119. The van der Waals surface area contributed by atoms with Crippen molar-refractivity contribution in [2.75, 3.05) is 13.6 Å². The molecule has 1 unspecified atom stereocenters. The molecule has 0 radical (unpaired) electrons. The van der Waals surface area contributed by atoms with E-state index in [2.05, 4.69) is 0 Å². The Balaban J connectivity index is 2.86. The Hall–Kier alpha value is -1.82. The molecule has 1 atom stereocenters. The van der Waals surface area contributed by atoms with Crippen LogP contribution in [0.15, 0.2) is 18.2 Å². The summed E-state index contributed by atoms with van der Waals surface area (Å²) in [5.74, 6) is -3.06. The van der Waals surface area contributed by atoms with Gasteiger partial charge in [0.1, 0.15) is 0 Å². The Morgan fingerprint density at radius 3 is 2.44 bits per heavy atom. The van der Waals surface area contributed by atoms with E-state index in [9.17, 15) is 18.4 Å². The second-order valence-electron chi connectivity index (χ2n) is 4.05. The zero-order valence-electron chi connectivity index (χ0n) is 10.1. The molecular formula is C12H14F2N2O2. The van der Waals surface area contributed by atoms with Crippen LogP contribution in [0, 0.1) is 11.6 Å². The molecule has 0 aliphatic rings. The maximum Gasteiger partial charge on any atom is 0.231 e. The summed E-state index contributed by atoms with van der Waals surface area (Å²) < 4.78 is 25.7. The van der Waals surface area contributed by atoms with Crippen molar-refractivity contribution < 1.29 is 18.4 Å². The average Bonchev–Trinajstić information content (AvgIpc) is 2.30. The van der Waals surface area contributed by atoms with Crippen LogP contribution in [0.4, 0.5) is 8.78 Å². The summed E-state index contributed by atoms with van der Waals surface area (Å²) in [6.07, 6.45) is 0. The maximum absolute atomic E-state index is 13.0. The average molecular weight is 256 g/mol. The zero-order valence-corrected chi connectivity index (χ0v) is 10.1. The largest absolute Gasteiger partial charge is 0.369 e. The van der Waals surface area contributed by atoms with Crippen LogP contribution < -0.4 is 5.73 Å². The van der Waals surface area contributed by atoms with E-state index in [1.54, 1.807) is 14.0 Å². The van der Waals surface area contributed by atoms with Crippen molar-refractivity contribution in [1.29, 1.82) is 0 Å². The normalized spacial score (nSPS) is 12.5. The van der Waals surface area contributed by atoms with Crippen molar-refractivity contribution in [3.63, 3.8) is 0 Å². The van der Waals surface area contributed by atoms with E-state index in [4.69, 9.17) is 5.73 Å². The summed E-state index contributed by atoms with van der Waals surface area (Å²) >= 11 is 0. The molecule has 0 aliphatic heterocycles. The minimum Gasteiger partial charge on any atom is -0.369 e. The minimum atomic E-state index is -1.08. The van der Waals surface area contributed by atoms with Crippen molar-refractivity contribution in [2.45, 2.75) is 13.0 Å². The number of nitrogens with two attached hydrogens (primary N) is 1. The predicted octanol–water partition coefficient (Wildman–Crippen LogP) is 0.953. The molecule has 1 aromatic carbocycles. The highest BCUT2D eigenvalue weighted by atomic mass is 19.2. The van der Waals surface area contributed by atoms with Crippen LogP contribution in [0.1, 0.15) is 17.3 Å². The van der Waals surface area contributed by atoms with E-state index >= 15 is 0 Å². The molecule has 2 N–H and O–H groups in total.